The zero-order valence-electron chi connectivity index (χ0n) is 9.52. The van der Waals surface area contributed by atoms with Gasteiger partial charge in [0.1, 0.15) is 6.54 Å². The number of benzene rings is 1. The molecule has 1 saturated heterocycles. The van der Waals surface area contributed by atoms with E-state index in [9.17, 15) is 9.59 Å². The maximum Gasteiger partial charge on any atom is 0.254 e. The van der Waals surface area contributed by atoms with Crippen LogP contribution in [0.3, 0.4) is 0 Å². The number of halogens is 1. The van der Waals surface area contributed by atoms with Gasteiger partial charge in [-0.25, -0.2) is 0 Å². The van der Waals surface area contributed by atoms with E-state index in [2.05, 4.69) is 15.9 Å². The van der Waals surface area contributed by atoms with Gasteiger partial charge < -0.3 is 9.80 Å². The number of carbonyl (C=O) groups is 2. The second-order valence-electron chi connectivity index (χ2n) is 4.05. The van der Waals surface area contributed by atoms with Crippen molar-refractivity contribution in [2.75, 3.05) is 26.7 Å². The van der Waals surface area contributed by atoms with Crippen molar-refractivity contribution in [2.45, 2.75) is 0 Å². The lowest BCUT2D eigenvalue weighted by Crippen LogP contribution is -2.50. The topological polar surface area (TPSA) is 40.6 Å². The molecule has 1 fully saturated rings. The largest absolute Gasteiger partial charge is 0.342 e. The van der Waals surface area contributed by atoms with Gasteiger partial charge in [0.15, 0.2) is 0 Å². The number of nitrogens with zero attached hydrogens (tertiary/aromatic N) is 2. The van der Waals surface area contributed by atoms with Gasteiger partial charge in [0.25, 0.3) is 5.91 Å². The molecule has 2 rings (SSSR count). The summed E-state index contributed by atoms with van der Waals surface area (Å²) in [5.74, 6) is -0.104. The number of hydrogen-bond donors (Lipinski definition) is 0. The molecule has 0 aliphatic carbocycles. The summed E-state index contributed by atoms with van der Waals surface area (Å²) in [4.78, 5) is 26.9. The van der Waals surface area contributed by atoms with Gasteiger partial charge in [0.2, 0.25) is 5.91 Å². The lowest BCUT2D eigenvalue weighted by Gasteiger charge is -2.32. The van der Waals surface area contributed by atoms with E-state index < -0.39 is 0 Å². The Morgan fingerprint density at radius 3 is 2.76 bits per heavy atom. The molecule has 0 unspecified atom stereocenters. The average molecular weight is 297 g/mol. The minimum absolute atomic E-state index is 0.0143. The van der Waals surface area contributed by atoms with Gasteiger partial charge in [0.05, 0.1) is 0 Å². The van der Waals surface area contributed by atoms with E-state index in [1.54, 1.807) is 29.0 Å². The predicted octanol–water partition coefficient (Wildman–Crippen LogP) is 1.36. The fraction of sp³-hybridized carbons (Fsp3) is 0.333. The van der Waals surface area contributed by atoms with Crippen LogP contribution >= 0.6 is 15.9 Å². The summed E-state index contributed by atoms with van der Waals surface area (Å²) >= 11 is 3.33. The Morgan fingerprint density at radius 1 is 1.35 bits per heavy atom. The quantitative estimate of drug-likeness (QED) is 0.785. The highest BCUT2D eigenvalue weighted by Gasteiger charge is 2.25. The van der Waals surface area contributed by atoms with Gasteiger partial charge in [-0.15, -0.1) is 0 Å². The molecule has 1 aromatic carbocycles. The molecule has 1 aromatic rings. The normalized spacial score (nSPS) is 16.2. The first-order valence-corrected chi connectivity index (χ1v) is 6.16. The van der Waals surface area contributed by atoms with Crippen molar-refractivity contribution < 1.29 is 9.59 Å². The van der Waals surface area contributed by atoms with Crippen molar-refractivity contribution >= 4 is 27.7 Å². The molecule has 0 atom stereocenters. The Morgan fingerprint density at radius 2 is 2.12 bits per heavy atom. The molecule has 1 heterocycles. The third-order valence-corrected chi connectivity index (χ3v) is 3.31. The highest BCUT2D eigenvalue weighted by molar-refractivity contribution is 9.10. The van der Waals surface area contributed by atoms with E-state index in [1.165, 1.54) is 0 Å². The molecule has 2 amide bonds. The number of likely N-dealkylation sites (N-methyl/N-ethyl adjacent to an activating group) is 1. The molecule has 17 heavy (non-hydrogen) atoms. The summed E-state index contributed by atoms with van der Waals surface area (Å²) in [7, 11) is 1.75. The summed E-state index contributed by atoms with van der Waals surface area (Å²) < 4.78 is 0.865. The van der Waals surface area contributed by atoms with Crippen molar-refractivity contribution in [2.24, 2.45) is 0 Å². The van der Waals surface area contributed by atoms with Crippen LogP contribution in [0.2, 0.25) is 0 Å². The van der Waals surface area contributed by atoms with Crippen LogP contribution in [-0.4, -0.2) is 48.3 Å². The van der Waals surface area contributed by atoms with E-state index in [0.29, 0.717) is 18.7 Å². The summed E-state index contributed by atoms with van der Waals surface area (Å²) in [5.41, 5.74) is 0.608. The Hall–Kier alpha value is -1.36. The van der Waals surface area contributed by atoms with Crippen LogP contribution in [0.15, 0.2) is 28.7 Å². The zero-order chi connectivity index (χ0) is 12.4. The number of carbonyl (C=O) groups excluding carboxylic acids is 2. The molecular formula is C12H13BrN2O2. The summed E-state index contributed by atoms with van der Waals surface area (Å²) in [5, 5.41) is 0. The molecular weight excluding hydrogens is 284 g/mol. The van der Waals surface area contributed by atoms with E-state index in [1.807, 2.05) is 12.1 Å². The number of amides is 2. The van der Waals surface area contributed by atoms with Crippen LogP contribution < -0.4 is 0 Å². The summed E-state index contributed by atoms with van der Waals surface area (Å²) in [6.07, 6.45) is 0. The monoisotopic (exact) mass is 296 g/mol. The van der Waals surface area contributed by atoms with Crippen molar-refractivity contribution in [3.05, 3.63) is 34.3 Å². The first kappa shape index (κ1) is 12.1. The first-order chi connectivity index (χ1) is 8.08. The van der Waals surface area contributed by atoms with Crippen molar-refractivity contribution in [1.82, 2.24) is 9.80 Å². The maximum atomic E-state index is 12.1. The minimum atomic E-state index is -0.0900. The fourth-order valence-corrected chi connectivity index (χ4v) is 2.14. The van der Waals surface area contributed by atoms with Gasteiger partial charge in [-0.3, -0.25) is 9.59 Å². The van der Waals surface area contributed by atoms with E-state index in [4.69, 9.17) is 0 Å². The SMILES string of the molecule is CN1CCN(C(=O)c2cccc(Br)c2)CC1=O. The molecule has 90 valence electrons. The van der Waals surface area contributed by atoms with Crippen LogP contribution in [0.25, 0.3) is 0 Å². The number of hydrogen-bond acceptors (Lipinski definition) is 2. The van der Waals surface area contributed by atoms with Crippen LogP contribution in [0.5, 0.6) is 0 Å². The van der Waals surface area contributed by atoms with Crippen molar-refractivity contribution in [3.8, 4) is 0 Å². The molecule has 0 aromatic heterocycles. The minimum Gasteiger partial charge on any atom is -0.342 e. The Bertz CT molecular complexity index is 462. The van der Waals surface area contributed by atoms with Gasteiger partial charge in [0, 0.05) is 30.2 Å². The Balaban J connectivity index is 2.13. The second kappa shape index (κ2) is 4.87. The summed E-state index contributed by atoms with van der Waals surface area (Å²) in [6.45, 7) is 1.36. The standard InChI is InChI=1S/C12H13BrN2O2/c1-14-5-6-15(8-11(14)16)12(17)9-3-2-4-10(13)7-9/h2-4,7H,5-6,8H2,1H3. The third kappa shape index (κ3) is 2.66. The van der Waals surface area contributed by atoms with Crippen LogP contribution in [0.1, 0.15) is 10.4 Å². The van der Waals surface area contributed by atoms with Gasteiger partial charge in [-0.2, -0.15) is 0 Å². The van der Waals surface area contributed by atoms with Crippen LogP contribution in [-0.2, 0) is 4.79 Å². The summed E-state index contributed by atoms with van der Waals surface area (Å²) in [6, 6.07) is 7.21. The van der Waals surface area contributed by atoms with Crippen molar-refractivity contribution in [3.63, 3.8) is 0 Å². The fourth-order valence-electron chi connectivity index (χ4n) is 1.74. The zero-order valence-corrected chi connectivity index (χ0v) is 11.1. The molecule has 0 radical (unpaired) electrons. The lowest BCUT2D eigenvalue weighted by molar-refractivity contribution is -0.133. The maximum absolute atomic E-state index is 12.1. The van der Waals surface area contributed by atoms with Gasteiger partial charge >= 0.3 is 0 Å². The Labute approximate surface area is 108 Å². The van der Waals surface area contributed by atoms with Gasteiger partial charge in [-0.05, 0) is 18.2 Å². The van der Waals surface area contributed by atoms with E-state index in [-0.39, 0.29) is 18.4 Å². The van der Waals surface area contributed by atoms with Crippen LogP contribution in [0.4, 0.5) is 0 Å². The number of piperazine rings is 1. The average Bonchev–Trinajstić information content (AvgIpc) is 2.32. The van der Waals surface area contributed by atoms with Crippen LogP contribution in [0, 0.1) is 0 Å². The first-order valence-electron chi connectivity index (χ1n) is 5.37. The highest BCUT2D eigenvalue weighted by atomic mass is 79.9. The predicted molar refractivity (Wildman–Crippen MR) is 67.7 cm³/mol. The number of rotatable bonds is 1. The second-order valence-corrected chi connectivity index (χ2v) is 4.97. The molecule has 0 N–H and O–H groups in total. The van der Waals surface area contributed by atoms with E-state index in [0.717, 1.165) is 4.47 Å². The van der Waals surface area contributed by atoms with Gasteiger partial charge in [-0.1, -0.05) is 22.0 Å². The smallest absolute Gasteiger partial charge is 0.254 e. The lowest BCUT2D eigenvalue weighted by atomic mass is 10.2. The highest BCUT2D eigenvalue weighted by Crippen LogP contribution is 2.14. The molecule has 5 heteroatoms. The molecule has 1 aliphatic heterocycles. The molecule has 1 aliphatic rings. The molecule has 4 nitrogen and oxygen atoms in total. The Kier molecular flexibility index (Phi) is 3.47. The molecule has 0 spiro atoms. The van der Waals surface area contributed by atoms with Crippen molar-refractivity contribution in [1.29, 1.82) is 0 Å². The molecule has 0 saturated carbocycles. The molecule has 0 bridgehead atoms. The van der Waals surface area contributed by atoms with E-state index >= 15 is 0 Å². The third-order valence-electron chi connectivity index (χ3n) is 2.82.